The summed E-state index contributed by atoms with van der Waals surface area (Å²) in [6.45, 7) is 12.1. The van der Waals surface area contributed by atoms with Gasteiger partial charge in [-0.05, 0) is 27.6 Å². The second-order valence-corrected chi connectivity index (χ2v) is 12.3. The molecule has 1 aromatic carbocycles. The molecule has 104 valence electrons. The van der Waals surface area contributed by atoms with Crippen LogP contribution in [-0.4, -0.2) is 13.4 Å². The van der Waals surface area contributed by atoms with Gasteiger partial charge in [0.05, 0.1) is 0 Å². The zero-order valence-corrected chi connectivity index (χ0v) is 13.8. The smallest absolute Gasteiger partial charge is 0.303 e. The molecule has 0 saturated carbocycles. The molecule has 1 aromatic heterocycles. The second kappa shape index (κ2) is 4.20. The molecule has 0 spiro atoms. The van der Waals surface area contributed by atoms with Crippen LogP contribution in [0.25, 0.3) is 10.9 Å². The number of benzene rings is 1. The van der Waals surface area contributed by atoms with Gasteiger partial charge in [0.1, 0.15) is 0 Å². The van der Waals surface area contributed by atoms with Crippen molar-refractivity contribution in [2.45, 2.75) is 51.6 Å². The van der Waals surface area contributed by atoms with E-state index < -0.39 is 8.41 Å². The standard InChI is InChI=1S/C16H24FNSi/c1-15(2,3)19(17,16(4,5)6)14-11-12-9-7-8-10-13(12)18-14/h7-11,18H,1-6H3. The van der Waals surface area contributed by atoms with Crippen molar-refractivity contribution in [1.29, 1.82) is 0 Å². The molecule has 0 bridgehead atoms. The van der Waals surface area contributed by atoms with E-state index in [0.717, 1.165) is 16.2 Å². The molecule has 0 atom stereocenters. The van der Waals surface area contributed by atoms with E-state index in [2.05, 4.69) is 4.98 Å². The Kier molecular flexibility index (Phi) is 3.17. The molecule has 1 N–H and O–H groups in total. The maximum Gasteiger partial charge on any atom is 0.303 e. The number of aromatic nitrogens is 1. The van der Waals surface area contributed by atoms with Gasteiger partial charge in [-0.1, -0.05) is 59.7 Å². The minimum atomic E-state index is -3.17. The summed E-state index contributed by atoms with van der Waals surface area (Å²) in [5.74, 6) is 0. The zero-order valence-electron chi connectivity index (χ0n) is 12.8. The number of halogens is 1. The molecule has 0 radical (unpaired) electrons. The monoisotopic (exact) mass is 277 g/mol. The normalized spacial score (nSPS) is 14.1. The highest BCUT2D eigenvalue weighted by molar-refractivity contribution is 6.90. The Hall–Kier alpha value is -1.09. The zero-order chi connectivity index (χ0) is 14.5. The summed E-state index contributed by atoms with van der Waals surface area (Å²) >= 11 is 0. The number of fused-ring (bicyclic) bond motifs is 1. The molecule has 0 unspecified atom stereocenters. The first-order valence-corrected chi connectivity index (χ1v) is 8.72. The molecule has 2 aromatic rings. The summed E-state index contributed by atoms with van der Waals surface area (Å²) in [4.78, 5) is 3.34. The molecular weight excluding hydrogens is 253 g/mol. The average molecular weight is 277 g/mol. The predicted octanol–water partition coefficient (Wildman–Crippen LogP) is 4.89. The lowest BCUT2D eigenvalue weighted by atomic mass is 10.2. The van der Waals surface area contributed by atoms with Gasteiger partial charge in [0, 0.05) is 10.8 Å². The Labute approximate surface area is 116 Å². The highest BCUT2D eigenvalue weighted by Crippen LogP contribution is 2.51. The molecule has 0 saturated heterocycles. The van der Waals surface area contributed by atoms with Crippen molar-refractivity contribution in [2.24, 2.45) is 0 Å². The Balaban J connectivity index is 2.69. The minimum Gasteiger partial charge on any atom is -0.359 e. The lowest BCUT2D eigenvalue weighted by Crippen LogP contribution is -2.58. The maximum atomic E-state index is 16.1. The van der Waals surface area contributed by atoms with Gasteiger partial charge in [-0.2, -0.15) is 0 Å². The molecular formula is C16H24FNSi. The third kappa shape index (κ3) is 2.14. The summed E-state index contributed by atoms with van der Waals surface area (Å²) in [6.07, 6.45) is 0. The predicted molar refractivity (Wildman–Crippen MR) is 84.2 cm³/mol. The van der Waals surface area contributed by atoms with Crippen molar-refractivity contribution in [1.82, 2.24) is 4.98 Å². The van der Waals surface area contributed by atoms with Gasteiger partial charge in [-0.15, -0.1) is 0 Å². The molecule has 2 rings (SSSR count). The van der Waals surface area contributed by atoms with E-state index >= 15 is 4.11 Å². The molecule has 0 aliphatic heterocycles. The van der Waals surface area contributed by atoms with Gasteiger partial charge in [0.2, 0.25) is 0 Å². The highest BCUT2D eigenvalue weighted by Gasteiger charge is 2.57. The van der Waals surface area contributed by atoms with E-state index in [1.807, 2.05) is 71.9 Å². The Bertz CT molecular complexity index is 540. The molecule has 0 aliphatic carbocycles. The van der Waals surface area contributed by atoms with Crippen molar-refractivity contribution in [3.8, 4) is 0 Å². The van der Waals surface area contributed by atoms with E-state index in [4.69, 9.17) is 0 Å². The van der Waals surface area contributed by atoms with Gasteiger partial charge in [-0.25, -0.2) is 0 Å². The Morgan fingerprint density at radius 3 is 1.95 bits per heavy atom. The van der Waals surface area contributed by atoms with Crippen LogP contribution < -0.4 is 5.32 Å². The van der Waals surface area contributed by atoms with Crippen LogP contribution in [0.1, 0.15) is 41.5 Å². The summed E-state index contributed by atoms with van der Waals surface area (Å²) < 4.78 is 16.1. The van der Waals surface area contributed by atoms with Crippen LogP contribution in [0, 0.1) is 0 Å². The lowest BCUT2D eigenvalue weighted by Gasteiger charge is -2.43. The molecule has 0 amide bonds. The topological polar surface area (TPSA) is 15.8 Å². The van der Waals surface area contributed by atoms with Crippen LogP contribution in [0.5, 0.6) is 0 Å². The largest absolute Gasteiger partial charge is 0.359 e. The summed E-state index contributed by atoms with van der Waals surface area (Å²) in [7, 11) is -3.17. The second-order valence-electron chi connectivity index (χ2n) is 7.43. The lowest BCUT2D eigenvalue weighted by molar-refractivity contribution is 0.533. The van der Waals surface area contributed by atoms with Crippen molar-refractivity contribution in [2.75, 3.05) is 0 Å². The first-order valence-electron chi connectivity index (χ1n) is 6.84. The number of H-pyrrole nitrogens is 1. The maximum absolute atomic E-state index is 16.1. The van der Waals surface area contributed by atoms with Crippen molar-refractivity contribution < 1.29 is 4.11 Å². The van der Waals surface area contributed by atoms with E-state index in [9.17, 15) is 0 Å². The van der Waals surface area contributed by atoms with Crippen LogP contribution in [0.2, 0.25) is 10.1 Å². The number of nitrogens with one attached hydrogen (secondary N) is 1. The van der Waals surface area contributed by atoms with Gasteiger partial charge in [0.25, 0.3) is 0 Å². The van der Waals surface area contributed by atoms with Gasteiger partial charge in [0.15, 0.2) is 0 Å². The number of hydrogen-bond donors (Lipinski definition) is 1. The van der Waals surface area contributed by atoms with Crippen LogP contribution >= 0.6 is 0 Å². The Morgan fingerprint density at radius 1 is 0.947 bits per heavy atom. The van der Waals surface area contributed by atoms with Gasteiger partial charge in [-0.3, -0.25) is 0 Å². The first-order chi connectivity index (χ1) is 8.57. The van der Waals surface area contributed by atoms with E-state index in [-0.39, 0.29) is 10.1 Å². The highest BCUT2D eigenvalue weighted by atomic mass is 28.4. The minimum absolute atomic E-state index is 0.341. The van der Waals surface area contributed by atoms with Crippen molar-refractivity contribution >= 4 is 24.6 Å². The molecule has 1 heterocycles. The van der Waals surface area contributed by atoms with E-state index in [0.29, 0.717) is 0 Å². The molecule has 1 nitrogen and oxygen atoms in total. The summed E-state index contributed by atoms with van der Waals surface area (Å²) in [6, 6.07) is 10.0. The number of aromatic amines is 1. The molecule has 0 aliphatic rings. The summed E-state index contributed by atoms with van der Waals surface area (Å²) in [5, 5.41) is 1.23. The van der Waals surface area contributed by atoms with Crippen molar-refractivity contribution in [3.63, 3.8) is 0 Å². The van der Waals surface area contributed by atoms with Crippen LogP contribution in [0.4, 0.5) is 4.11 Å². The molecule has 0 fully saturated rings. The molecule has 19 heavy (non-hydrogen) atoms. The van der Waals surface area contributed by atoms with E-state index in [1.54, 1.807) is 0 Å². The van der Waals surface area contributed by atoms with Crippen LogP contribution in [0.15, 0.2) is 30.3 Å². The van der Waals surface area contributed by atoms with Gasteiger partial charge >= 0.3 is 8.41 Å². The Morgan fingerprint density at radius 2 is 1.47 bits per heavy atom. The van der Waals surface area contributed by atoms with Crippen LogP contribution in [-0.2, 0) is 0 Å². The quantitative estimate of drug-likeness (QED) is 0.564. The fourth-order valence-electron chi connectivity index (χ4n) is 3.19. The van der Waals surface area contributed by atoms with Gasteiger partial charge < -0.3 is 9.09 Å². The average Bonchev–Trinajstić information content (AvgIpc) is 2.68. The fourth-order valence-corrected chi connectivity index (χ4v) is 7.72. The van der Waals surface area contributed by atoms with Crippen molar-refractivity contribution in [3.05, 3.63) is 30.3 Å². The molecule has 3 heteroatoms. The number of rotatable bonds is 1. The fraction of sp³-hybridized carbons (Fsp3) is 0.500. The SMILES string of the molecule is CC(C)(C)[Si](F)(c1cc2ccccc2[nH]1)C(C)(C)C. The van der Waals surface area contributed by atoms with E-state index in [1.165, 1.54) is 0 Å². The third-order valence-corrected chi connectivity index (χ3v) is 9.11. The third-order valence-electron chi connectivity index (χ3n) is 3.97. The first kappa shape index (κ1) is 14.3. The number of hydrogen-bond acceptors (Lipinski definition) is 0. The van der Waals surface area contributed by atoms with Crippen LogP contribution in [0.3, 0.4) is 0 Å². The summed E-state index contributed by atoms with van der Waals surface area (Å²) in [5.41, 5.74) is 1.03. The number of para-hydroxylation sites is 1.